The summed E-state index contributed by atoms with van der Waals surface area (Å²) in [5, 5.41) is 2.89. The van der Waals surface area contributed by atoms with Crippen LogP contribution >= 0.6 is 0 Å². The molecule has 1 N–H and O–H groups in total. The molecule has 1 aromatic rings. The second-order valence-corrected chi connectivity index (χ2v) is 3.41. The largest absolute Gasteiger partial charge is 0.473 e. The van der Waals surface area contributed by atoms with Crippen molar-refractivity contribution in [2.45, 2.75) is 12.3 Å². The highest BCUT2D eigenvalue weighted by Crippen LogP contribution is 2.19. The molecule has 2 unspecified atom stereocenters. The van der Waals surface area contributed by atoms with Crippen LogP contribution in [0.25, 0.3) is 0 Å². The third kappa shape index (κ3) is 2.61. The number of ether oxygens (including phenoxy) is 2. The molecule has 2 rings (SSSR count). The van der Waals surface area contributed by atoms with Crippen molar-refractivity contribution >= 4 is 5.97 Å². The molecule has 1 aliphatic heterocycles. The van der Waals surface area contributed by atoms with E-state index in [9.17, 15) is 4.79 Å². The summed E-state index contributed by atoms with van der Waals surface area (Å²) in [6.45, 7) is 3.70. The first-order valence-corrected chi connectivity index (χ1v) is 5.06. The molecule has 16 heavy (non-hydrogen) atoms. The van der Waals surface area contributed by atoms with Crippen molar-refractivity contribution in [1.29, 1.82) is 0 Å². The molecule has 2 atom stereocenters. The molecule has 4 nitrogen and oxygen atoms in total. The fourth-order valence-corrected chi connectivity index (χ4v) is 1.29. The molecular formula is C12H13NO3. The smallest absolute Gasteiger partial charge is 0.328 e. The standard InChI is InChI=1S/C12H13NO3/c1-2-8-15-12(14)10-11(13-10)16-9-6-4-3-5-7-9/h2-7,10-11,13H,1,8H2. The summed E-state index contributed by atoms with van der Waals surface area (Å²) in [7, 11) is 0. The number of carbonyl (C=O) groups is 1. The number of rotatable bonds is 5. The first-order valence-electron chi connectivity index (χ1n) is 5.06. The average molecular weight is 219 g/mol. The van der Waals surface area contributed by atoms with Gasteiger partial charge >= 0.3 is 5.97 Å². The lowest BCUT2D eigenvalue weighted by Crippen LogP contribution is -2.16. The maximum absolute atomic E-state index is 11.4. The number of esters is 1. The Bertz CT molecular complexity index is 377. The fraction of sp³-hybridized carbons (Fsp3) is 0.250. The van der Waals surface area contributed by atoms with Gasteiger partial charge in [-0.25, -0.2) is 0 Å². The van der Waals surface area contributed by atoms with Crippen molar-refractivity contribution in [3.63, 3.8) is 0 Å². The van der Waals surface area contributed by atoms with E-state index in [2.05, 4.69) is 11.9 Å². The lowest BCUT2D eigenvalue weighted by Gasteiger charge is -2.02. The Kier molecular flexibility index (Phi) is 3.22. The second kappa shape index (κ2) is 4.81. The third-order valence-corrected chi connectivity index (χ3v) is 2.14. The summed E-state index contributed by atoms with van der Waals surface area (Å²) in [6, 6.07) is 8.98. The van der Waals surface area contributed by atoms with Crippen LogP contribution in [0.1, 0.15) is 0 Å². The van der Waals surface area contributed by atoms with Gasteiger partial charge in [-0.15, -0.1) is 0 Å². The minimum atomic E-state index is -0.361. The number of hydrogen-bond donors (Lipinski definition) is 1. The SMILES string of the molecule is C=CCOC(=O)C1NC1Oc1ccccc1. The predicted molar refractivity (Wildman–Crippen MR) is 58.9 cm³/mol. The number of benzene rings is 1. The van der Waals surface area contributed by atoms with Crippen molar-refractivity contribution in [2.75, 3.05) is 6.61 Å². The molecule has 1 aliphatic rings. The minimum absolute atomic E-state index is 0.231. The zero-order chi connectivity index (χ0) is 11.4. The molecule has 4 heteroatoms. The predicted octanol–water partition coefficient (Wildman–Crippen LogP) is 1.09. The van der Waals surface area contributed by atoms with Gasteiger partial charge in [0.25, 0.3) is 0 Å². The topological polar surface area (TPSA) is 57.5 Å². The Labute approximate surface area is 93.9 Å². The zero-order valence-electron chi connectivity index (χ0n) is 8.76. The number of hydrogen-bond acceptors (Lipinski definition) is 4. The van der Waals surface area contributed by atoms with Crippen LogP contribution in [0.15, 0.2) is 43.0 Å². The van der Waals surface area contributed by atoms with Gasteiger partial charge in [0.15, 0.2) is 12.3 Å². The molecule has 0 bridgehead atoms. The molecule has 1 saturated heterocycles. The van der Waals surface area contributed by atoms with Crippen LogP contribution < -0.4 is 10.1 Å². The Morgan fingerprint density at radius 3 is 2.88 bits per heavy atom. The van der Waals surface area contributed by atoms with Crippen molar-refractivity contribution in [3.8, 4) is 5.75 Å². The highest BCUT2D eigenvalue weighted by Gasteiger charge is 2.46. The van der Waals surface area contributed by atoms with E-state index < -0.39 is 0 Å². The molecule has 0 aliphatic carbocycles. The highest BCUT2D eigenvalue weighted by atomic mass is 16.6. The lowest BCUT2D eigenvalue weighted by atomic mass is 10.3. The van der Waals surface area contributed by atoms with Crippen LogP contribution in [0.4, 0.5) is 0 Å². The van der Waals surface area contributed by atoms with E-state index >= 15 is 0 Å². The van der Waals surface area contributed by atoms with Crippen molar-refractivity contribution in [3.05, 3.63) is 43.0 Å². The minimum Gasteiger partial charge on any atom is -0.473 e. The third-order valence-electron chi connectivity index (χ3n) is 2.14. The van der Waals surface area contributed by atoms with Gasteiger partial charge in [0.2, 0.25) is 0 Å². The van der Waals surface area contributed by atoms with E-state index in [4.69, 9.17) is 9.47 Å². The van der Waals surface area contributed by atoms with Crippen LogP contribution in [0, 0.1) is 0 Å². The van der Waals surface area contributed by atoms with E-state index in [1.54, 1.807) is 0 Å². The first kappa shape index (κ1) is 10.7. The monoisotopic (exact) mass is 219 g/mol. The molecule has 84 valence electrons. The van der Waals surface area contributed by atoms with Gasteiger partial charge in [-0.05, 0) is 12.1 Å². The molecule has 1 heterocycles. The Hall–Kier alpha value is -1.81. The summed E-state index contributed by atoms with van der Waals surface area (Å²) in [5.74, 6) is 0.430. The highest BCUT2D eigenvalue weighted by molar-refractivity contribution is 5.79. The zero-order valence-corrected chi connectivity index (χ0v) is 8.76. The van der Waals surface area contributed by atoms with E-state index in [0.717, 1.165) is 5.75 Å². The van der Waals surface area contributed by atoms with Crippen molar-refractivity contribution < 1.29 is 14.3 Å². The van der Waals surface area contributed by atoms with Gasteiger partial charge in [-0.1, -0.05) is 30.9 Å². The van der Waals surface area contributed by atoms with Gasteiger partial charge in [0.1, 0.15) is 12.4 Å². The number of para-hydroxylation sites is 1. The number of carbonyl (C=O) groups excluding carboxylic acids is 1. The fourth-order valence-electron chi connectivity index (χ4n) is 1.29. The van der Waals surface area contributed by atoms with Crippen LogP contribution in [0.5, 0.6) is 5.75 Å². The first-order chi connectivity index (χ1) is 7.81. The maximum Gasteiger partial charge on any atom is 0.328 e. The van der Waals surface area contributed by atoms with E-state index in [-0.39, 0.29) is 24.8 Å². The Morgan fingerprint density at radius 1 is 1.44 bits per heavy atom. The number of nitrogens with one attached hydrogen (secondary N) is 1. The molecule has 0 spiro atoms. The molecule has 1 aromatic carbocycles. The second-order valence-electron chi connectivity index (χ2n) is 3.41. The average Bonchev–Trinajstić information content (AvgIpc) is 3.06. The molecule has 0 radical (unpaired) electrons. The van der Waals surface area contributed by atoms with Crippen molar-refractivity contribution in [1.82, 2.24) is 5.32 Å². The van der Waals surface area contributed by atoms with Crippen LogP contribution in [0.3, 0.4) is 0 Å². The van der Waals surface area contributed by atoms with Gasteiger partial charge in [0, 0.05) is 0 Å². The molecule has 0 saturated carbocycles. The van der Waals surface area contributed by atoms with E-state index in [1.165, 1.54) is 6.08 Å². The van der Waals surface area contributed by atoms with Gasteiger partial charge < -0.3 is 9.47 Å². The van der Waals surface area contributed by atoms with Crippen molar-refractivity contribution in [2.24, 2.45) is 0 Å². The van der Waals surface area contributed by atoms with E-state index in [1.807, 2.05) is 30.3 Å². The Balaban J connectivity index is 1.79. The lowest BCUT2D eigenvalue weighted by molar-refractivity contribution is -0.142. The maximum atomic E-state index is 11.4. The van der Waals surface area contributed by atoms with Crippen LogP contribution in [-0.4, -0.2) is 24.8 Å². The van der Waals surface area contributed by atoms with Gasteiger partial charge in [-0.3, -0.25) is 10.1 Å². The normalized spacial score (nSPS) is 22.2. The van der Waals surface area contributed by atoms with Crippen LogP contribution in [0.2, 0.25) is 0 Å². The summed E-state index contributed by atoms with van der Waals surface area (Å²) in [4.78, 5) is 11.4. The molecular weight excluding hydrogens is 206 g/mol. The summed E-state index contributed by atoms with van der Waals surface area (Å²) >= 11 is 0. The Morgan fingerprint density at radius 2 is 2.19 bits per heavy atom. The summed E-state index contributed by atoms with van der Waals surface area (Å²) < 4.78 is 10.4. The van der Waals surface area contributed by atoms with Gasteiger partial charge in [0.05, 0.1) is 0 Å². The molecule has 1 fully saturated rings. The van der Waals surface area contributed by atoms with Gasteiger partial charge in [-0.2, -0.15) is 0 Å². The van der Waals surface area contributed by atoms with E-state index in [0.29, 0.717) is 0 Å². The van der Waals surface area contributed by atoms with Crippen LogP contribution in [-0.2, 0) is 9.53 Å². The molecule has 0 aromatic heterocycles. The molecule has 0 amide bonds. The quantitative estimate of drug-likeness (QED) is 0.457. The summed E-state index contributed by atoms with van der Waals surface area (Å²) in [5.41, 5.74) is 0. The summed E-state index contributed by atoms with van der Waals surface area (Å²) in [6.07, 6.45) is 1.26.